The number of nitrogen functional groups attached to an aromatic ring is 1. The van der Waals surface area contributed by atoms with Crippen molar-refractivity contribution in [1.29, 1.82) is 5.26 Å². The van der Waals surface area contributed by atoms with Crippen LogP contribution >= 0.6 is 11.3 Å². The van der Waals surface area contributed by atoms with E-state index in [1.54, 1.807) is 4.57 Å². The summed E-state index contributed by atoms with van der Waals surface area (Å²) in [5.41, 5.74) is 12.7. The Balaban J connectivity index is 1.15. The third-order valence-electron chi connectivity index (χ3n) is 11.8. The van der Waals surface area contributed by atoms with Gasteiger partial charge in [0.2, 0.25) is 5.88 Å². The zero-order valence-corrected chi connectivity index (χ0v) is 29.4. The van der Waals surface area contributed by atoms with Crippen LogP contribution in [0.4, 0.5) is 9.80 Å². The van der Waals surface area contributed by atoms with Crippen LogP contribution < -0.4 is 15.8 Å². The third kappa shape index (κ3) is 4.90. The second-order valence-electron chi connectivity index (χ2n) is 14.6. The molecule has 4 aromatic heterocycles. The predicted molar refractivity (Wildman–Crippen MR) is 187 cm³/mol. The number of thiophene rings is 1. The van der Waals surface area contributed by atoms with Crippen molar-refractivity contribution in [2.24, 2.45) is 0 Å². The van der Waals surface area contributed by atoms with Crippen molar-refractivity contribution in [2.75, 3.05) is 32.5 Å². The quantitative estimate of drug-likeness (QED) is 0.278. The van der Waals surface area contributed by atoms with Crippen molar-refractivity contribution >= 4 is 22.4 Å². The molecule has 6 heterocycles. The zero-order valence-electron chi connectivity index (χ0n) is 28.6. The molecule has 2 saturated heterocycles. The number of fused-ring (bicyclic) bond motifs is 7. The van der Waals surface area contributed by atoms with Crippen molar-refractivity contribution in [3.8, 4) is 34.7 Å². The zero-order chi connectivity index (χ0) is 34.1. The van der Waals surface area contributed by atoms with Gasteiger partial charge in [0.05, 0.1) is 29.3 Å². The van der Waals surface area contributed by atoms with Gasteiger partial charge < -0.3 is 25.0 Å². The average Bonchev–Trinajstić information content (AvgIpc) is 3.95. The number of anilines is 1. The molecule has 0 bridgehead atoms. The van der Waals surface area contributed by atoms with Gasteiger partial charge in [-0.25, -0.2) is 9.78 Å². The lowest BCUT2D eigenvalue weighted by Crippen LogP contribution is -2.39. The largest absolute Gasteiger partial charge is 0.473 e. The fraction of sp³-hybridized carbons (Fsp3) is 0.541. The highest BCUT2D eigenvalue weighted by atomic mass is 32.1. The van der Waals surface area contributed by atoms with Gasteiger partial charge in [-0.05, 0) is 103 Å². The Hall–Kier alpha value is -4.25. The third-order valence-corrected chi connectivity index (χ3v) is 12.9. The Kier molecular flexibility index (Phi) is 7.75. The number of likely N-dealkylation sites (tertiary alicyclic amines) is 1. The fourth-order valence-electron chi connectivity index (χ4n) is 9.38. The van der Waals surface area contributed by atoms with Crippen molar-refractivity contribution in [3.63, 3.8) is 0 Å². The molecule has 4 aromatic rings. The number of nitrogens with zero attached hydrogens (tertiary/aromatic N) is 6. The van der Waals surface area contributed by atoms with E-state index >= 15 is 0 Å². The first-order valence-electron chi connectivity index (χ1n) is 18.0. The van der Waals surface area contributed by atoms with Crippen LogP contribution in [0.2, 0.25) is 0 Å². The molecule has 1 spiro atoms. The lowest BCUT2D eigenvalue weighted by atomic mass is 9.63. The van der Waals surface area contributed by atoms with Gasteiger partial charge in [0.1, 0.15) is 17.2 Å². The minimum atomic E-state index is -0.442. The minimum absolute atomic E-state index is 0.0113. The smallest absolute Gasteiger partial charge is 0.326 e. The van der Waals surface area contributed by atoms with E-state index in [2.05, 4.69) is 30.3 Å². The highest BCUT2D eigenvalue weighted by Crippen LogP contribution is 2.55. The van der Waals surface area contributed by atoms with Gasteiger partial charge in [-0.3, -0.25) is 9.47 Å². The number of amides is 1. The van der Waals surface area contributed by atoms with Crippen molar-refractivity contribution in [3.05, 3.63) is 50.8 Å². The molecule has 5 aliphatic rings. The Morgan fingerprint density at radius 1 is 1.16 bits per heavy atom. The highest BCUT2D eigenvalue weighted by molar-refractivity contribution is 7.16. The number of hydrogen-bond acceptors (Lipinski definition) is 11. The average molecular weight is 695 g/mol. The number of likely N-dealkylation sites (N-methyl/N-ethyl adjacent to an activating group) is 1. The molecule has 3 aliphatic carbocycles. The summed E-state index contributed by atoms with van der Waals surface area (Å²) in [6.45, 7) is 4.37. The van der Waals surface area contributed by atoms with Gasteiger partial charge in [-0.1, -0.05) is 5.16 Å². The molecule has 2 aliphatic heterocycles. The maximum atomic E-state index is 13.4. The molecular formula is C37H42N8O4S. The van der Waals surface area contributed by atoms with Gasteiger partial charge >= 0.3 is 6.03 Å². The number of hydrogen-bond donors (Lipinski definition) is 2. The molecule has 2 fully saturated rings. The summed E-state index contributed by atoms with van der Waals surface area (Å²) in [7, 11) is 2.16. The van der Waals surface area contributed by atoms with Crippen LogP contribution in [-0.2, 0) is 35.8 Å². The summed E-state index contributed by atoms with van der Waals surface area (Å²) in [6.07, 6.45) is 11.5. The number of carbonyl (C=O) groups excluding carboxylic acids is 1. The van der Waals surface area contributed by atoms with Crippen LogP contribution in [0.3, 0.4) is 0 Å². The Morgan fingerprint density at radius 3 is 2.80 bits per heavy atom. The van der Waals surface area contributed by atoms with E-state index in [0.717, 1.165) is 104 Å². The van der Waals surface area contributed by atoms with Crippen LogP contribution in [0, 0.1) is 11.3 Å². The van der Waals surface area contributed by atoms with Gasteiger partial charge in [-0.2, -0.15) is 10.2 Å². The second kappa shape index (κ2) is 12.2. The van der Waals surface area contributed by atoms with Crippen LogP contribution in [0.25, 0.3) is 22.8 Å². The van der Waals surface area contributed by atoms with E-state index in [4.69, 9.17) is 34.9 Å². The summed E-state index contributed by atoms with van der Waals surface area (Å²) in [5, 5.41) is 18.6. The van der Waals surface area contributed by atoms with E-state index in [0.29, 0.717) is 60.1 Å². The molecule has 9 rings (SSSR count). The van der Waals surface area contributed by atoms with Crippen LogP contribution in [0.15, 0.2) is 16.8 Å². The molecule has 1 unspecified atom stereocenters. The normalized spacial score (nSPS) is 24.7. The molecule has 12 nitrogen and oxygen atoms in total. The number of rotatable bonds is 5. The SMILES string of the molecule is C[C@H](Oc1nc(-c2noc3c2CCCC32CCCc3sc(N)c(C#N)c32)nc2c1CCc1c-2ccn1C(=O)N[C@H]1CCOC1)[C@@H]1CCCN1C. The molecular weight excluding hydrogens is 653 g/mol. The van der Waals surface area contributed by atoms with Gasteiger partial charge in [-0.15, -0.1) is 11.3 Å². The van der Waals surface area contributed by atoms with Crippen LogP contribution in [0.5, 0.6) is 5.88 Å². The first-order chi connectivity index (χ1) is 24.4. The van der Waals surface area contributed by atoms with E-state index in [1.807, 2.05) is 12.3 Å². The Labute approximate surface area is 294 Å². The van der Waals surface area contributed by atoms with E-state index in [1.165, 1.54) is 16.2 Å². The molecule has 0 radical (unpaired) electrons. The second-order valence-corrected chi connectivity index (χ2v) is 15.8. The van der Waals surface area contributed by atoms with Crippen LogP contribution in [-0.4, -0.2) is 75.6 Å². The number of nitrogens with one attached hydrogen (secondary N) is 1. The molecule has 50 heavy (non-hydrogen) atoms. The molecule has 0 saturated carbocycles. The monoisotopic (exact) mass is 694 g/mol. The lowest BCUT2D eigenvalue weighted by Gasteiger charge is -2.39. The maximum absolute atomic E-state index is 13.4. The molecule has 1 amide bonds. The highest BCUT2D eigenvalue weighted by Gasteiger charge is 2.49. The van der Waals surface area contributed by atoms with Crippen molar-refractivity contribution < 1.29 is 18.8 Å². The first kappa shape index (κ1) is 31.7. The van der Waals surface area contributed by atoms with Crippen molar-refractivity contribution in [2.45, 2.75) is 101 Å². The summed E-state index contributed by atoms with van der Waals surface area (Å²) in [6, 6.07) is 4.54. The fourth-order valence-corrected chi connectivity index (χ4v) is 10.5. The van der Waals surface area contributed by atoms with Gasteiger partial charge in [0.15, 0.2) is 17.3 Å². The summed E-state index contributed by atoms with van der Waals surface area (Å²) in [5.74, 6) is 1.85. The number of aromatic nitrogens is 4. The molecule has 4 atom stereocenters. The number of nitrogens with two attached hydrogens (primary N) is 1. The van der Waals surface area contributed by atoms with E-state index in [9.17, 15) is 10.1 Å². The summed E-state index contributed by atoms with van der Waals surface area (Å²) < 4.78 is 20.3. The maximum Gasteiger partial charge on any atom is 0.326 e. The summed E-state index contributed by atoms with van der Waals surface area (Å²) >= 11 is 1.54. The first-order valence-corrected chi connectivity index (χ1v) is 18.9. The molecule has 13 heteroatoms. The number of nitriles is 1. The minimum Gasteiger partial charge on any atom is -0.473 e. The predicted octanol–water partition coefficient (Wildman–Crippen LogP) is 5.38. The Bertz CT molecular complexity index is 2030. The topological polar surface area (TPSA) is 157 Å². The van der Waals surface area contributed by atoms with E-state index in [-0.39, 0.29) is 18.2 Å². The Morgan fingerprint density at radius 2 is 2.02 bits per heavy atom. The van der Waals surface area contributed by atoms with Crippen LogP contribution in [0.1, 0.15) is 90.5 Å². The number of aryl methyl sites for hydroxylation is 1. The van der Waals surface area contributed by atoms with Gasteiger partial charge in [0, 0.05) is 46.1 Å². The molecule has 3 N–H and O–H groups in total. The number of carbonyl (C=O) groups is 1. The number of ether oxygens (including phenoxy) is 2. The summed E-state index contributed by atoms with van der Waals surface area (Å²) in [4.78, 5) is 27.3. The van der Waals surface area contributed by atoms with Crippen molar-refractivity contribution in [1.82, 2.24) is 29.9 Å². The van der Waals surface area contributed by atoms with Gasteiger partial charge in [0.25, 0.3) is 0 Å². The standard InChI is InChI=1S/C37H42N8O4S/c1-20(26-7-5-15-44(26)2)48-35-24-9-10-27-22(11-16-45(27)36(46)40-21-12-17-47-19-21)30(24)41-34(42-35)31-23-6-3-13-37(32(23)49-43-31)14-4-8-28-29(37)25(18-38)33(39)50-28/h11,16,20-21,26H,3-10,12-15,17,19,39H2,1-2H3,(H,40,46)/t20-,21-,26-,37?/m0/s1. The molecule has 260 valence electrons. The lowest BCUT2D eigenvalue weighted by molar-refractivity contribution is 0.116. The van der Waals surface area contributed by atoms with E-state index < -0.39 is 5.41 Å². The molecule has 0 aromatic carbocycles.